The molecule has 0 spiro atoms. The number of hydrogen-bond donors (Lipinski definition) is 2. The van der Waals surface area contributed by atoms with Crippen molar-refractivity contribution in [2.45, 2.75) is 11.4 Å². The summed E-state index contributed by atoms with van der Waals surface area (Å²) in [6.45, 7) is 0.163. The van der Waals surface area contributed by atoms with Gasteiger partial charge < -0.3 is 5.73 Å². The molecular weight excluding hydrogens is 288 g/mol. The molecule has 3 N–H and O–H groups in total. The summed E-state index contributed by atoms with van der Waals surface area (Å²) in [5, 5.41) is 0.435. The molecule has 2 rings (SSSR count). The molecular formula is C11H11ClN4O2S. The second-order valence-corrected chi connectivity index (χ2v) is 5.78. The maximum absolute atomic E-state index is 12.1. The van der Waals surface area contributed by atoms with Gasteiger partial charge in [0.15, 0.2) is 0 Å². The molecule has 0 fully saturated rings. The van der Waals surface area contributed by atoms with Crippen LogP contribution in [-0.2, 0) is 16.6 Å². The molecule has 0 radical (unpaired) electrons. The number of sulfonamides is 1. The average molecular weight is 299 g/mol. The van der Waals surface area contributed by atoms with E-state index in [0.717, 1.165) is 0 Å². The van der Waals surface area contributed by atoms with E-state index in [1.54, 1.807) is 0 Å². The van der Waals surface area contributed by atoms with E-state index in [4.69, 9.17) is 17.3 Å². The largest absolute Gasteiger partial charge is 0.326 e. The third-order valence-electron chi connectivity index (χ3n) is 2.36. The Morgan fingerprint density at radius 1 is 1.26 bits per heavy atom. The average Bonchev–Trinajstić information content (AvgIpc) is 2.39. The van der Waals surface area contributed by atoms with Gasteiger partial charge in [-0.2, -0.15) is 0 Å². The first-order valence-corrected chi connectivity index (χ1v) is 7.15. The van der Waals surface area contributed by atoms with E-state index in [-0.39, 0.29) is 17.1 Å². The number of rotatable bonds is 4. The van der Waals surface area contributed by atoms with Crippen LogP contribution in [-0.4, -0.2) is 18.4 Å². The van der Waals surface area contributed by atoms with Gasteiger partial charge in [-0.05, 0) is 23.8 Å². The van der Waals surface area contributed by atoms with E-state index < -0.39 is 10.0 Å². The molecule has 0 unspecified atom stereocenters. The summed E-state index contributed by atoms with van der Waals surface area (Å²) >= 11 is 5.89. The Bertz CT molecular complexity index is 676. The van der Waals surface area contributed by atoms with Crippen molar-refractivity contribution >= 4 is 27.3 Å². The van der Waals surface area contributed by atoms with Crippen LogP contribution in [0.1, 0.15) is 5.56 Å². The Morgan fingerprint density at radius 2 is 1.95 bits per heavy atom. The molecule has 0 atom stereocenters. The fraction of sp³-hybridized carbons (Fsp3) is 0.0909. The van der Waals surface area contributed by atoms with Crippen molar-refractivity contribution in [1.82, 2.24) is 9.97 Å². The molecule has 8 heteroatoms. The summed E-state index contributed by atoms with van der Waals surface area (Å²) in [4.78, 5) is 7.55. The van der Waals surface area contributed by atoms with Gasteiger partial charge in [-0.25, -0.2) is 18.4 Å². The minimum absolute atomic E-state index is 0.0844. The van der Waals surface area contributed by atoms with Crippen LogP contribution in [0.3, 0.4) is 0 Å². The molecule has 0 aliphatic carbocycles. The molecule has 0 bridgehead atoms. The zero-order chi connectivity index (χ0) is 13.9. The van der Waals surface area contributed by atoms with Crippen LogP contribution in [0.25, 0.3) is 0 Å². The van der Waals surface area contributed by atoms with E-state index in [2.05, 4.69) is 14.7 Å². The molecule has 6 nitrogen and oxygen atoms in total. The van der Waals surface area contributed by atoms with Gasteiger partial charge in [-0.1, -0.05) is 11.6 Å². The van der Waals surface area contributed by atoms with Crippen molar-refractivity contribution < 1.29 is 8.42 Å². The summed E-state index contributed by atoms with van der Waals surface area (Å²) in [7, 11) is -3.71. The molecule has 0 saturated carbocycles. The summed E-state index contributed by atoms with van der Waals surface area (Å²) in [5.74, 6) is 0. The summed E-state index contributed by atoms with van der Waals surface area (Å²) in [6, 6.07) is 4.35. The number of nitrogens with zero attached hydrogens (tertiary/aromatic N) is 2. The maximum atomic E-state index is 12.1. The van der Waals surface area contributed by atoms with E-state index >= 15 is 0 Å². The van der Waals surface area contributed by atoms with Crippen LogP contribution in [0.4, 0.5) is 5.69 Å². The van der Waals surface area contributed by atoms with Gasteiger partial charge in [0.25, 0.3) is 10.0 Å². The van der Waals surface area contributed by atoms with E-state index in [1.165, 1.54) is 36.9 Å². The maximum Gasteiger partial charge on any atom is 0.262 e. The summed E-state index contributed by atoms with van der Waals surface area (Å²) in [5.41, 5.74) is 6.34. The predicted molar refractivity (Wildman–Crippen MR) is 72.2 cm³/mol. The first-order valence-electron chi connectivity index (χ1n) is 5.29. The molecule has 1 aromatic carbocycles. The zero-order valence-corrected chi connectivity index (χ0v) is 11.3. The van der Waals surface area contributed by atoms with Gasteiger partial charge in [0.05, 0.1) is 23.0 Å². The van der Waals surface area contributed by atoms with Crippen LogP contribution >= 0.6 is 11.6 Å². The Hall–Kier alpha value is -1.70. The van der Waals surface area contributed by atoms with Crippen molar-refractivity contribution in [3.63, 3.8) is 0 Å². The Labute approximate surface area is 115 Å². The number of halogens is 1. The quantitative estimate of drug-likeness (QED) is 0.889. The molecule has 1 heterocycles. The van der Waals surface area contributed by atoms with Gasteiger partial charge in [-0.15, -0.1) is 0 Å². The molecule has 0 amide bonds. The number of hydrogen-bond acceptors (Lipinski definition) is 5. The monoisotopic (exact) mass is 298 g/mol. The van der Waals surface area contributed by atoms with Gasteiger partial charge in [-0.3, -0.25) is 4.72 Å². The van der Waals surface area contributed by atoms with Crippen molar-refractivity contribution in [3.8, 4) is 0 Å². The Balaban J connectivity index is 2.35. The summed E-state index contributed by atoms with van der Waals surface area (Å²) in [6.07, 6.45) is 4.04. The number of nitrogens with one attached hydrogen (secondary N) is 1. The molecule has 1 aromatic heterocycles. The van der Waals surface area contributed by atoms with E-state index in [1.807, 2.05) is 0 Å². The number of nitrogens with two attached hydrogens (primary N) is 1. The minimum atomic E-state index is -3.71. The lowest BCUT2D eigenvalue weighted by Gasteiger charge is -2.09. The highest BCUT2D eigenvalue weighted by Gasteiger charge is 2.15. The first-order chi connectivity index (χ1) is 9.03. The van der Waals surface area contributed by atoms with Gasteiger partial charge in [0, 0.05) is 11.6 Å². The lowest BCUT2D eigenvalue weighted by molar-refractivity contribution is 0.601. The number of benzene rings is 1. The van der Waals surface area contributed by atoms with Gasteiger partial charge in [0.2, 0.25) is 0 Å². The van der Waals surface area contributed by atoms with E-state index in [0.29, 0.717) is 10.6 Å². The van der Waals surface area contributed by atoms with Gasteiger partial charge in [0.1, 0.15) is 6.33 Å². The van der Waals surface area contributed by atoms with Crippen molar-refractivity contribution in [2.24, 2.45) is 5.73 Å². The zero-order valence-electron chi connectivity index (χ0n) is 9.75. The third-order valence-corrected chi connectivity index (χ3v) is 4.11. The van der Waals surface area contributed by atoms with Crippen LogP contribution < -0.4 is 10.5 Å². The van der Waals surface area contributed by atoms with Crippen molar-refractivity contribution in [2.75, 3.05) is 4.72 Å². The van der Waals surface area contributed by atoms with Crippen LogP contribution in [0.15, 0.2) is 41.8 Å². The van der Waals surface area contributed by atoms with Gasteiger partial charge >= 0.3 is 0 Å². The predicted octanol–water partition coefficient (Wildman–Crippen LogP) is 1.39. The normalized spacial score (nSPS) is 11.3. The minimum Gasteiger partial charge on any atom is -0.326 e. The third kappa shape index (κ3) is 3.19. The molecule has 100 valence electrons. The second kappa shape index (κ2) is 5.52. The highest BCUT2D eigenvalue weighted by Crippen LogP contribution is 2.21. The topological polar surface area (TPSA) is 98.0 Å². The highest BCUT2D eigenvalue weighted by atomic mass is 35.5. The lowest BCUT2D eigenvalue weighted by atomic mass is 10.2. The lowest BCUT2D eigenvalue weighted by Crippen LogP contribution is -2.14. The number of aromatic nitrogens is 2. The Morgan fingerprint density at radius 3 is 2.58 bits per heavy atom. The fourth-order valence-corrected chi connectivity index (χ4v) is 2.71. The van der Waals surface area contributed by atoms with E-state index in [9.17, 15) is 8.42 Å². The van der Waals surface area contributed by atoms with Crippen LogP contribution in [0.2, 0.25) is 5.02 Å². The molecule has 19 heavy (non-hydrogen) atoms. The highest BCUT2D eigenvalue weighted by molar-refractivity contribution is 7.92. The van der Waals surface area contributed by atoms with Crippen molar-refractivity contribution in [3.05, 3.63) is 47.5 Å². The number of anilines is 1. The fourth-order valence-electron chi connectivity index (χ4n) is 1.44. The summed E-state index contributed by atoms with van der Waals surface area (Å²) < 4.78 is 26.6. The molecule has 0 saturated heterocycles. The first kappa shape index (κ1) is 13.7. The van der Waals surface area contributed by atoms with Crippen LogP contribution in [0.5, 0.6) is 0 Å². The van der Waals surface area contributed by atoms with Crippen molar-refractivity contribution in [1.29, 1.82) is 0 Å². The van der Waals surface area contributed by atoms with Crippen LogP contribution in [0, 0.1) is 0 Å². The Kier molecular flexibility index (Phi) is 3.98. The standard InChI is InChI=1S/C11H11ClN4O2S/c12-11-2-1-10(3-8(11)4-13)19(17,18)16-9-5-14-7-15-6-9/h1-3,5-7,16H,4,13H2. The molecule has 0 aliphatic heterocycles. The molecule has 0 aliphatic rings. The molecule has 2 aromatic rings. The second-order valence-electron chi connectivity index (χ2n) is 3.69. The SMILES string of the molecule is NCc1cc(S(=O)(=O)Nc2cncnc2)ccc1Cl. The smallest absolute Gasteiger partial charge is 0.262 e.